The van der Waals surface area contributed by atoms with Gasteiger partial charge in [0.15, 0.2) is 5.78 Å². The van der Waals surface area contributed by atoms with Crippen molar-refractivity contribution in [1.82, 2.24) is 0 Å². The molecule has 5 aromatic rings. The second-order valence-corrected chi connectivity index (χ2v) is 11.1. The Hall–Kier alpha value is -4.88. The molecule has 0 aliphatic heterocycles. The molecule has 9 heteroatoms. The number of para-hydroxylation sites is 1. The topological polar surface area (TPSA) is 163 Å². The zero-order valence-electron chi connectivity index (χ0n) is 22.2. The van der Waals surface area contributed by atoms with Crippen molar-refractivity contribution in [1.29, 1.82) is 5.26 Å². The number of ketones is 1. The number of hydrogen-bond donors (Lipinski definition) is 4. The number of carbonyl (C=O) groups excluding carboxylic acids is 1. The molecule has 8 N–H and O–H groups in total. The molecule has 1 aliphatic carbocycles. The van der Waals surface area contributed by atoms with Crippen molar-refractivity contribution in [3.8, 4) is 23.3 Å². The number of nitrogens with zero attached hydrogens (tertiary/aromatic N) is 1. The number of nitrogen functional groups attached to an aromatic ring is 2. The van der Waals surface area contributed by atoms with Gasteiger partial charge in [-0.05, 0) is 71.6 Å². The molecule has 0 bridgehead atoms. The van der Waals surface area contributed by atoms with Gasteiger partial charge in [-0.15, -0.1) is 11.3 Å². The molecule has 2 unspecified atom stereocenters. The van der Waals surface area contributed by atoms with E-state index in [1.54, 1.807) is 36.4 Å². The van der Waals surface area contributed by atoms with Crippen LogP contribution in [0.2, 0.25) is 0 Å². The number of aryl methyl sites for hydroxylation is 1. The summed E-state index contributed by atoms with van der Waals surface area (Å²) in [7, 11) is 0. The summed E-state index contributed by atoms with van der Waals surface area (Å²) in [5.74, 6) is 1.39. The van der Waals surface area contributed by atoms with Crippen LogP contribution >= 0.6 is 11.3 Å². The molecular formula is C32H27N5O3S. The third kappa shape index (κ3) is 4.26. The van der Waals surface area contributed by atoms with Crippen molar-refractivity contribution in [2.75, 3.05) is 11.5 Å². The molecule has 6 rings (SSSR count). The van der Waals surface area contributed by atoms with Crippen LogP contribution in [0.5, 0.6) is 17.2 Å². The lowest BCUT2D eigenvalue weighted by atomic mass is 9.70. The molecule has 1 aromatic heterocycles. The fourth-order valence-corrected chi connectivity index (χ4v) is 6.58. The first kappa shape index (κ1) is 26.3. The highest BCUT2D eigenvalue weighted by Gasteiger charge is 2.48. The molecule has 0 saturated carbocycles. The minimum Gasteiger partial charge on any atom is -0.488 e. The number of Topliss-reactive ketones (excluding diaryl/α,β-unsaturated/α-hetero) is 1. The fraction of sp³-hybridized carbons (Fsp3) is 0.125. The Morgan fingerprint density at radius 3 is 2.51 bits per heavy atom. The number of ether oxygens (including phenoxy) is 2. The van der Waals surface area contributed by atoms with Crippen molar-refractivity contribution in [2.24, 2.45) is 11.5 Å². The maximum Gasteiger partial charge on any atom is 0.183 e. The van der Waals surface area contributed by atoms with E-state index in [4.69, 9.17) is 32.4 Å². The summed E-state index contributed by atoms with van der Waals surface area (Å²) in [5, 5.41) is 10.5. The first-order valence-corrected chi connectivity index (χ1v) is 13.7. The van der Waals surface area contributed by atoms with Gasteiger partial charge in [0.05, 0.1) is 21.3 Å². The van der Waals surface area contributed by atoms with Crippen molar-refractivity contribution < 1.29 is 14.3 Å². The molecule has 1 heterocycles. The van der Waals surface area contributed by atoms with Crippen molar-refractivity contribution in [3.63, 3.8) is 0 Å². The van der Waals surface area contributed by atoms with Gasteiger partial charge in [-0.3, -0.25) is 4.79 Å². The van der Waals surface area contributed by atoms with E-state index in [9.17, 15) is 10.1 Å². The Bertz CT molecular complexity index is 1890. The van der Waals surface area contributed by atoms with Crippen LogP contribution in [0.1, 0.15) is 39.4 Å². The molecule has 0 fully saturated rings. The maximum absolute atomic E-state index is 13.8. The van der Waals surface area contributed by atoms with Crippen LogP contribution < -0.4 is 32.4 Å². The predicted molar refractivity (Wildman–Crippen MR) is 161 cm³/mol. The van der Waals surface area contributed by atoms with E-state index >= 15 is 0 Å². The fourth-order valence-electron chi connectivity index (χ4n) is 5.51. The van der Waals surface area contributed by atoms with Gasteiger partial charge in [-0.1, -0.05) is 36.4 Å². The number of benzene rings is 4. The summed E-state index contributed by atoms with van der Waals surface area (Å²) in [6.45, 7) is 2.16. The Balaban J connectivity index is 1.29. The average molecular weight is 562 g/mol. The summed E-state index contributed by atoms with van der Waals surface area (Å²) in [6.07, 6.45) is 0. The van der Waals surface area contributed by atoms with Crippen LogP contribution in [-0.2, 0) is 16.9 Å². The van der Waals surface area contributed by atoms with Crippen molar-refractivity contribution in [2.45, 2.75) is 25.1 Å². The third-order valence-electron chi connectivity index (χ3n) is 7.50. The Morgan fingerprint density at radius 1 is 0.976 bits per heavy atom. The molecule has 0 radical (unpaired) electrons. The number of nitriles is 1. The molecule has 1 aliphatic rings. The number of nitrogens with two attached hydrogens (primary N) is 4. The number of rotatable bonds is 6. The van der Waals surface area contributed by atoms with E-state index in [-0.39, 0.29) is 12.4 Å². The second kappa shape index (κ2) is 9.94. The van der Waals surface area contributed by atoms with Gasteiger partial charge in [0, 0.05) is 16.6 Å². The van der Waals surface area contributed by atoms with E-state index in [1.165, 1.54) is 11.3 Å². The van der Waals surface area contributed by atoms with E-state index in [1.807, 2.05) is 49.4 Å². The predicted octanol–water partition coefficient (Wildman–Crippen LogP) is 5.40. The third-order valence-corrected chi connectivity index (χ3v) is 8.58. The van der Waals surface area contributed by atoms with Crippen LogP contribution in [0, 0.1) is 18.3 Å². The van der Waals surface area contributed by atoms with Gasteiger partial charge in [0.1, 0.15) is 35.5 Å². The SMILES string of the molecule is Cc1cc(Oc2cccc(COc3ccccc3C#N)c2)ccc1C1(N)C(=O)C(N)c2c(N)sc3c(N)ccc1c23. The first-order chi connectivity index (χ1) is 19.7. The average Bonchev–Trinajstić information content (AvgIpc) is 3.32. The van der Waals surface area contributed by atoms with Gasteiger partial charge in [0.25, 0.3) is 0 Å². The van der Waals surface area contributed by atoms with Gasteiger partial charge >= 0.3 is 0 Å². The molecule has 204 valence electrons. The lowest BCUT2D eigenvalue weighted by molar-refractivity contribution is -0.124. The van der Waals surface area contributed by atoms with Crippen LogP contribution in [0.25, 0.3) is 10.1 Å². The highest BCUT2D eigenvalue weighted by atomic mass is 32.1. The largest absolute Gasteiger partial charge is 0.488 e. The highest BCUT2D eigenvalue weighted by Crippen LogP contribution is 2.51. The minimum atomic E-state index is -1.48. The van der Waals surface area contributed by atoms with Crippen LogP contribution in [0.4, 0.5) is 10.7 Å². The normalized spacial score (nSPS) is 17.8. The van der Waals surface area contributed by atoms with Crippen LogP contribution in [0.15, 0.2) is 78.9 Å². The Labute approximate surface area is 240 Å². The lowest BCUT2D eigenvalue weighted by Gasteiger charge is -2.37. The minimum absolute atomic E-state index is 0.275. The molecule has 4 aromatic carbocycles. The van der Waals surface area contributed by atoms with Gasteiger partial charge < -0.3 is 32.4 Å². The van der Waals surface area contributed by atoms with E-state index < -0.39 is 11.6 Å². The van der Waals surface area contributed by atoms with Crippen LogP contribution in [0.3, 0.4) is 0 Å². The first-order valence-electron chi connectivity index (χ1n) is 12.9. The lowest BCUT2D eigenvalue weighted by Crippen LogP contribution is -2.52. The number of carbonyl (C=O) groups is 1. The summed E-state index contributed by atoms with van der Waals surface area (Å²) in [6, 6.07) is 24.8. The summed E-state index contributed by atoms with van der Waals surface area (Å²) in [5.41, 5.74) is 29.0. The summed E-state index contributed by atoms with van der Waals surface area (Å²) in [4.78, 5) is 13.8. The van der Waals surface area contributed by atoms with Gasteiger partial charge in [0.2, 0.25) is 0 Å². The standard InChI is InChI=1S/C32H27N5O3S/c1-17-13-21(40-20-7-4-5-18(14-20)16-39-25-8-3-2-6-19(25)15-33)9-10-22(17)32(37)23-11-12-24(34)29-26(23)27(31(36)41-29)28(35)30(32)38/h2-14,28H,16,34-37H2,1H3. The quantitative estimate of drug-likeness (QED) is 0.200. The van der Waals surface area contributed by atoms with E-state index in [2.05, 4.69) is 6.07 Å². The molecule has 0 spiro atoms. The Kier molecular flexibility index (Phi) is 6.39. The number of thiophene rings is 1. The number of anilines is 2. The van der Waals surface area contributed by atoms with Crippen molar-refractivity contribution in [3.05, 3.63) is 112 Å². The number of hydrogen-bond acceptors (Lipinski definition) is 9. The summed E-state index contributed by atoms with van der Waals surface area (Å²) < 4.78 is 12.8. The maximum atomic E-state index is 13.8. The smallest absolute Gasteiger partial charge is 0.183 e. The van der Waals surface area contributed by atoms with Crippen LogP contribution in [-0.4, -0.2) is 5.78 Å². The Morgan fingerprint density at radius 2 is 1.73 bits per heavy atom. The van der Waals surface area contributed by atoms with Gasteiger partial charge in [-0.2, -0.15) is 5.26 Å². The monoisotopic (exact) mass is 561 g/mol. The molecule has 0 saturated heterocycles. The highest BCUT2D eigenvalue weighted by molar-refractivity contribution is 7.23. The zero-order valence-corrected chi connectivity index (χ0v) is 23.0. The zero-order chi connectivity index (χ0) is 28.9. The van der Waals surface area contributed by atoms with E-state index in [0.717, 1.165) is 21.2 Å². The molecular weight excluding hydrogens is 534 g/mol. The molecule has 41 heavy (non-hydrogen) atoms. The molecule has 8 nitrogen and oxygen atoms in total. The van der Waals surface area contributed by atoms with Gasteiger partial charge in [-0.25, -0.2) is 0 Å². The second-order valence-electron chi connectivity index (χ2n) is 10.1. The summed E-state index contributed by atoms with van der Waals surface area (Å²) >= 11 is 1.32. The van der Waals surface area contributed by atoms with Crippen molar-refractivity contribution >= 4 is 37.9 Å². The molecule has 0 amide bonds. The van der Waals surface area contributed by atoms with E-state index in [0.29, 0.717) is 50.2 Å². The molecule has 2 atom stereocenters.